The Hall–Kier alpha value is -4.50. The number of aliphatic hydroxyl groups excluding tert-OH is 1. The van der Waals surface area contributed by atoms with Crippen molar-refractivity contribution in [3.8, 4) is 11.5 Å². The van der Waals surface area contributed by atoms with Crippen LogP contribution in [0.3, 0.4) is 0 Å². The third-order valence-electron chi connectivity index (χ3n) is 7.85. The molecule has 0 unspecified atom stereocenters. The first-order chi connectivity index (χ1) is 20.5. The molecule has 3 aromatic carbocycles. The molecule has 0 spiro atoms. The summed E-state index contributed by atoms with van der Waals surface area (Å²) in [6, 6.07) is 30.7. The molecule has 3 heterocycles. The Morgan fingerprint density at radius 2 is 1.48 bits per heavy atom. The van der Waals surface area contributed by atoms with Crippen molar-refractivity contribution in [2.24, 2.45) is 0 Å². The number of pyridine rings is 2. The molecule has 0 aliphatic carbocycles. The zero-order valence-corrected chi connectivity index (χ0v) is 23.4. The van der Waals surface area contributed by atoms with Crippen molar-refractivity contribution >= 4 is 10.9 Å². The van der Waals surface area contributed by atoms with Gasteiger partial charge >= 0.3 is 0 Å². The second-order valence-corrected chi connectivity index (χ2v) is 10.2. The molecule has 42 heavy (non-hydrogen) atoms. The molecule has 1 N–H and O–H groups in total. The lowest BCUT2D eigenvalue weighted by molar-refractivity contribution is -0.0941. The minimum absolute atomic E-state index is 0.0640. The molecule has 6 rings (SSSR count). The monoisotopic (exact) mass is 564 g/mol. The number of fused-ring (bicyclic) bond motifs is 1. The predicted octanol–water partition coefficient (Wildman–Crippen LogP) is 5.07. The second kappa shape index (κ2) is 11.8. The molecule has 1 aliphatic heterocycles. The second-order valence-electron chi connectivity index (χ2n) is 10.2. The molecule has 5 aromatic rings. The average molecular weight is 565 g/mol. The molecule has 0 radical (unpaired) electrons. The van der Waals surface area contributed by atoms with Crippen LogP contribution in [0.2, 0.25) is 0 Å². The third kappa shape index (κ3) is 5.05. The number of benzene rings is 3. The Balaban J connectivity index is 1.37. The first-order valence-electron chi connectivity index (χ1n) is 13.8. The topological polar surface area (TPSA) is 92.0 Å². The van der Waals surface area contributed by atoms with Crippen molar-refractivity contribution in [2.45, 2.75) is 30.5 Å². The van der Waals surface area contributed by atoms with Gasteiger partial charge < -0.3 is 24.1 Å². The van der Waals surface area contributed by atoms with E-state index in [1.807, 2.05) is 78.9 Å². The highest BCUT2D eigenvalue weighted by atomic mass is 16.6. The van der Waals surface area contributed by atoms with Gasteiger partial charge in [0.25, 0.3) is 5.56 Å². The number of rotatable bonds is 9. The number of aromatic nitrogens is 2. The summed E-state index contributed by atoms with van der Waals surface area (Å²) >= 11 is 0. The van der Waals surface area contributed by atoms with E-state index in [-0.39, 0.29) is 18.6 Å². The fourth-order valence-corrected chi connectivity index (χ4v) is 5.63. The fraction of sp³-hybridized carbons (Fsp3) is 0.235. The summed E-state index contributed by atoms with van der Waals surface area (Å²) in [7, 11) is 3.26. The van der Waals surface area contributed by atoms with Crippen LogP contribution in [0.1, 0.15) is 29.3 Å². The van der Waals surface area contributed by atoms with Gasteiger partial charge in [-0.05, 0) is 59.2 Å². The van der Waals surface area contributed by atoms with Gasteiger partial charge in [-0.3, -0.25) is 14.3 Å². The lowest BCUT2D eigenvalue weighted by Gasteiger charge is -2.37. The normalized spacial score (nSPS) is 18.7. The van der Waals surface area contributed by atoms with Crippen LogP contribution >= 0.6 is 0 Å². The van der Waals surface area contributed by atoms with Gasteiger partial charge in [0, 0.05) is 18.8 Å². The van der Waals surface area contributed by atoms with Gasteiger partial charge in [0.15, 0.2) is 0 Å². The molecule has 0 saturated carbocycles. The first-order valence-corrected chi connectivity index (χ1v) is 13.8. The van der Waals surface area contributed by atoms with Crippen molar-refractivity contribution in [3.05, 3.63) is 136 Å². The number of nitrogens with zero attached hydrogens (tertiary/aromatic N) is 2. The molecule has 8 heteroatoms. The smallest absolute Gasteiger partial charge is 0.262 e. The van der Waals surface area contributed by atoms with Gasteiger partial charge in [0.2, 0.25) is 0 Å². The molecule has 0 amide bonds. The highest BCUT2D eigenvalue weighted by Crippen LogP contribution is 2.42. The van der Waals surface area contributed by atoms with Gasteiger partial charge in [-0.15, -0.1) is 0 Å². The SMILES string of the molecule is COc1ccc(C(OC[C@H]2O[C@@H](n3ccc4ncccc4c3=O)C[C@@H]2O)(c2ccccc2)c2ccc(OC)cc2)cc1. The van der Waals surface area contributed by atoms with E-state index in [0.29, 0.717) is 10.9 Å². The van der Waals surface area contributed by atoms with Crippen LogP contribution in [0.5, 0.6) is 11.5 Å². The molecule has 1 saturated heterocycles. The van der Waals surface area contributed by atoms with E-state index in [1.54, 1.807) is 44.8 Å². The molecule has 2 aromatic heterocycles. The van der Waals surface area contributed by atoms with E-state index < -0.39 is 24.0 Å². The number of ether oxygens (including phenoxy) is 4. The molecular weight excluding hydrogens is 532 g/mol. The van der Waals surface area contributed by atoms with Crippen molar-refractivity contribution < 1.29 is 24.1 Å². The maximum atomic E-state index is 13.2. The van der Waals surface area contributed by atoms with E-state index in [9.17, 15) is 9.90 Å². The van der Waals surface area contributed by atoms with Crippen molar-refractivity contribution in [3.63, 3.8) is 0 Å². The summed E-state index contributed by atoms with van der Waals surface area (Å²) in [6.07, 6.45) is 1.42. The Labute approximate surface area is 243 Å². The summed E-state index contributed by atoms with van der Waals surface area (Å²) in [5.41, 5.74) is 2.01. The number of methoxy groups -OCH3 is 2. The molecule has 214 valence electrons. The Morgan fingerprint density at radius 1 is 0.857 bits per heavy atom. The van der Waals surface area contributed by atoms with Crippen LogP contribution in [0.4, 0.5) is 0 Å². The maximum absolute atomic E-state index is 13.2. The van der Waals surface area contributed by atoms with Crippen LogP contribution in [-0.4, -0.2) is 47.7 Å². The highest BCUT2D eigenvalue weighted by Gasteiger charge is 2.42. The number of aliphatic hydroxyl groups is 1. The minimum Gasteiger partial charge on any atom is -0.497 e. The van der Waals surface area contributed by atoms with Crippen molar-refractivity contribution in [1.29, 1.82) is 0 Å². The van der Waals surface area contributed by atoms with Gasteiger partial charge in [0.05, 0.1) is 37.8 Å². The highest BCUT2D eigenvalue weighted by molar-refractivity contribution is 5.76. The zero-order chi connectivity index (χ0) is 29.1. The number of hydrogen-bond acceptors (Lipinski definition) is 7. The standard InChI is InChI=1S/C34H32N2O6/c1-39-26-14-10-24(11-15-26)34(23-7-4-3-5-8-23,25-12-16-27(40-2)17-13-25)41-22-31-30(37)21-32(42-31)36-20-18-29-28(33(36)38)9-6-19-35-29/h3-20,30-32,37H,21-22H2,1-2H3/t30-,31+,32+/m0/s1. The van der Waals surface area contributed by atoms with Crippen LogP contribution in [0.25, 0.3) is 10.9 Å². The summed E-state index contributed by atoms with van der Waals surface area (Å²) < 4.78 is 25.6. The van der Waals surface area contributed by atoms with Gasteiger partial charge in [-0.25, -0.2) is 0 Å². The zero-order valence-electron chi connectivity index (χ0n) is 23.4. The predicted molar refractivity (Wildman–Crippen MR) is 159 cm³/mol. The van der Waals surface area contributed by atoms with Crippen LogP contribution in [0.15, 0.2) is 114 Å². The summed E-state index contributed by atoms with van der Waals surface area (Å²) in [5, 5.41) is 11.6. The molecular formula is C34H32N2O6. The number of hydrogen-bond donors (Lipinski definition) is 1. The van der Waals surface area contributed by atoms with Crippen LogP contribution in [-0.2, 0) is 15.1 Å². The largest absolute Gasteiger partial charge is 0.497 e. The van der Waals surface area contributed by atoms with E-state index >= 15 is 0 Å². The molecule has 8 nitrogen and oxygen atoms in total. The van der Waals surface area contributed by atoms with Crippen molar-refractivity contribution in [2.75, 3.05) is 20.8 Å². The Bertz CT molecular complexity index is 1660. The molecule has 1 aliphatic rings. The van der Waals surface area contributed by atoms with Gasteiger partial charge in [-0.1, -0.05) is 54.6 Å². The average Bonchev–Trinajstić information content (AvgIpc) is 3.42. The van der Waals surface area contributed by atoms with E-state index in [4.69, 9.17) is 18.9 Å². The Kier molecular flexibility index (Phi) is 7.75. The summed E-state index contributed by atoms with van der Waals surface area (Å²) in [4.78, 5) is 17.5. The molecule has 1 fully saturated rings. The lowest BCUT2D eigenvalue weighted by Crippen LogP contribution is -2.38. The van der Waals surface area contributed by atoms with E-state index in [1.165, 1.54) is 4.57 Å². The quantitative estimate of drug-likeness (QED) is 0.250. The van der Waals surface area contributed by atoms with E-state index in [2.05, 4.69) is 4.98 Å². The van der Waals surface area contributed by atoms with Crippen LogP contribution in [0, 0.1) is 0 Å². The summed E-state index contributed by atoms with van der Waals surface area (Å²) in [5.74, 6) is 1.45. The third-order valence-corrected chi connectivity index (χ3v) is 7.85. The lowest BCUT2D eigenvalue weighted by atomic mass is 9.80. The minimum atomic E-state index is -1.05. The first kappa shape index (κ1) is 27.7. The Morgan fingerprint density at radius 3 is 2.10 bits per heavy atom. The van der Waals surface area contributed by atoms with Gasteiger partial charge in [-0.2, -0.15) is 0 Å². The van der Waals surface area contributed by atoms with Gasteiger partial charge in [0.1, 0.15) is 29.4 Å². The van der Waals surface area contributed by atoms with Crippen LogP contribution < -0.4 is 15.0 Å². The van der Waals surface area contributed by atoms with E-state index in [0.717, 1.165) is 28.2 Å². The summed E-state index contributed by atoms with van der Waals surface area (Å²) in [6.45, 7) is 0.0640. The van der Waals surface area contributed by atoms with Crippen molar-refractivity contribution in [1.82, 2.24) is 9.55 Å². The maximum Gasteiger partial charge on any atom is 0.262 e. The molecule has 3 atom stereocenters. The molecule has 0 bridgehead atoms. The fourth-order valence-electron chi connectivity index (χ4n) is 5.63.